The topological polar surface area (TPSA) is 237 Å². The van der Waals surface area contributed by atoms with Gasteiger partial charge in [-0.15, -0.1) is 11.8 Å². The second-order valence-electron chi connectivity index (χ2n) is 12.5. The Morgan fingerprint density at radius 1 is 1.08 bits per heavy atom. The van der Waals surface area contributed by atoms with Crippen LogP contribution >= 0.6 is 11.8 Å². The molecular weight excluding hydrogens is 658 g/mol. The Morgan fingerprint density at radius 3 is 2.47 bits per heavy atom. The number of nitrogens with one attached hydrogen (secondary N) is 4. The number of ether oxygens (including phenoxy) is 1. The Morgan fingerprint density at radius 2 is 1.80 bits per heavy atom. The average molecular weight is 704 g/mol. The number of hydrogen-bond donors (Lipinski definition) is 8. The third-order valence-corrected chi connectivity index (χ3v) is 10.3. The third kappa shape index (κ3) is 10.3. The first-order chi connectivity index (χ1) is 23.4. The van der Waals surface area contributed by atoms with Crippen molar-refractivity contribution in [2.45, 2.75) is 87.5 Å². The van der Waals surface area contributed by atoms with Gasteiger partial charge in [-0.25, -0.2) is 9.59 Å². The molecule has 0 aromatic carbocycles. The average Bonchev–Trinajstić information content (AvgIpc) is 3.40. The summed E-state index contributed by atoms with van der Waals surface area (Å²) in [6.45, 7) is -0.0630. The molecule has 0 saturated carbocycles. The summed E-state index contributed by atoms with van der Waals surface area (Å²) in [7, 11) is 1.53. The molecule has 8 N–H and O–H groups in total. The lowest BCUT2D eigenvalue weighted by atomic mass is 9.74. The summed E-state index contributed by atoms with van der Waals surface area (Å²) in [6, 6.07) is 2.56. The van der Waals surface area contributed by atoms with Crippen LogP contribution in [0.15, 0.2) is 47.5 Å². The van der Waals surface area contributed by atoms with E-state index < -0.39 is 60.5 Å². The summed E-state index contributed by atoms with van der Waals surface area (Å²) in [4.78, 5) is 66.4. The fourth-order valence-corrected chi connectivity index (χ4v) is 7.71. The van der Waals surface area contributed by atoms with Crippen LogP contribution < -0.4 is 21.3 Å². The lowest BCUT2D eigenvalue weighted by Gasteiger charge is -2.30. The Labute approximate surface area is 288 Å². The van der Waals surface area contributed by atoms with E-state index in [-0.39, 0.29) is 29.6 Å². The molecule has 0 radical (unpaired) electrons. The lowest BCUT2D eigenvalue weighted by molar-refractivity contribution is -0.164. The van der Waals surface area contributed by atoms with E-state index in [9.17, 15) is 39.3 Å². The number of carboxylic acids is 2. The largest absolute Gasteiger partial charge is 0.478 e. The molecule has 15 nitrogen and oxygen atoms in total. The molecule has 2 amide bonds. The number of carbonyl (C=O) groups excluding carboxylic acids is 3. The molecule has 2 heterocycles. The second kappa shape index (κ2) is 17.7. The summed E-state index contributed by atoms with van der Waals surface area (Å²) in [5, 5.41) is 48.0. The number of aromatic nitrogens is 1. The van der Waals surface area contributed by atoms with E-state index in [1.54, 1.807) is 12.4 Å². The number of esters is 1. The SMILES string of the molecule is CNCNC(O)(CCC(=O)NC(CSC1CCCCCCC2CC(Cc3ccncc3)=CC3C(=O)OC1=C23)C(=O)NC(O)C(=O)O)C(=O)O. The number of amides is 2. The van der Waals surface area contributed by atoms with Crippen LogP contribution in [-0.4, -0.2) is 97.8 Å². The van der Waals surface area contributed by atoms with Crippen molar-refractivity contribution in [3.05, 3.63) is 53.1 Å². The Balaban J connectivity index is 1.54. The van der Waals surface area contributed by atoms with Crippen molar-refractivity contribution < 1.29 is 49.1 Å². The van der Waals surface area contributed by atoms with Crippen molar-refractivity contribution in [2.24, 2.45) is 11.8 Å². The van der Waals surface area contributed by atoms with Crippen LogP contribution in [0.1, 0.15) is 63.4 Å². The molecule has 1 aromatic rings. The highest BCUT2D eigenvalue weighted by Crippen LogP contribution is 2.47. The van der Waals surface area contributed by atoms with Gasteiger partial charge in [-0.3, -0.25) is 24.7 Å². The molecular formula is C33H45N5O10S. The van der Waals surface area contributed by atoms with Crippen LogP contribution in [0.2, 0.25) is 0 Å². The highest BCUT2D eigenvalue weighted by atomic mass is 32.2. The van der Waals surface area contributed by atoms with Crippen molar-refractivity contribution in [1.29, 1.82) is 0 Å². The number of carboxylic acid groups (broad SMARTS) is 2. The van der Waals surface area contributed by atoms with E-state index >= 15 is 0 Å². The van der Waals surface area contributed by atoms with Crippen LogP contribution in [0.3, 0.4) is 0 Å². The maximum absolute atomic E-state index is 13.3. The molecule has 4 rings (SSSR count). The molecule has 3 aliphatic rings. The lowest BCUT2D eigenvalue weighted by Crippen LogP contribution is -2.56. The maximum atomic E-state index is 13.3. The minimum atomic E-state index is -2.43. The number of aliphatic carboxylic acids is 2. The van der Waals surface area contributed by atoms with Gasteiger partial charge in [0.15, 0.2) is 0 Å². The molecule has 1 aromatic heterocycles. The van der Waals surface area contributed by atoms with Crippen LogP contribution in [0.4, 0.5) is 0 Å². The van der Waals surface area contributed by atoms with Gasteiger partial charge in [-0.05, 0) is 61.9 Å². The van der Waals surface area contributed by atoms with E-state index in [0.717, 1.165) is 55.2 Å². The number of pyridine rings is 1. The van der Waals surface area contributed by atoms with E-state index in [2.05, 4.69) is 20.9 Å². The molecule has 16 heteroatoms. The van der Waals surface area contributed by atoms with E-state index in [1.807, 2.05) is 23.5 Å². The molecule has 268 valence electrons. The predicted octanol–water partition coefficient (Wildman–Crippen LogP) is 0.777. The normalized spacial score (nSPS) is 23.2. The molecule has 0 spiro atoms. The van der Waals surface area contributed by atoms with Gasteiger partial charge in [0.25, 0.3) is 0 Å². The first-order valence-electron chi connectivity index (χ1n) is 16.4. The fraction of sp³-hybridized carbons (Fsp3) is 0.576. The molecule has 49 heavy (non-hydrogen) atoms. The summed E-state index contributed by atoms with van der Waals surface area (Å²) in [5.41, 5.74) is 0.797. The number of carbonyl (C=O) groups is 5. The molecule has 2 aliphatic carbocycles. The van der Waals surface area contributed by atoms with Gasteiger partial charge in [-0.1, -0.05) is 37.3 Å². The number of aliphatic hydroxyl groups excluding tert-OH is 1. The van der Waals surface area contributed by atoms with E-state index in [4.69, 9.17) is 9.84 Å². The summed E-state index contributed by atoms with van der Waals surface area (Å²) >= 11 is 1.28. The molecule has 0 bridgehead atoms. The fourth-order valence-electron chi connectivity index (χ4n) is 6.38. The first kappa shape index (κ1) is 38.0. The van der Waals surface area contributed by atoms with Gasteiger partial charge in [0.1, 0.15) is 17.7 Å². The highest BCUT2D eigenvalue weighted by Gasteiger charge is 2.44. The smallest absolute Gasteiger partial charge is 0.353 e. The van der Waals surface area contributed by atoms with Gasteiger partial charge in [-0.2, -0.15) is 0 Å². The van der Waals surface area contributed by atoms with Crippen molar-refractivity contribution in [3.8, 4) is 0 Å². The minimum Gasteiger partial charge on any atom is -0.478 e. The van der Waals surface area contributed by atoms with Gasteiger partial charge in [0.2, 0.25) is 23.8 Å². The van der Waals surface area contributed by atoms with Gasteiger partial charge in [0.05, 0.1) is 5.25 Å². The number of rotatable bonds is 16. The number of allylic oxidation sites excluding steroid dienone is 1. The number of hydrogen-bond acceptors (Lipinski definition) is 12. The minimum absolute atomic E-state index is 0.0630. The Bertz CT molecular complexity index is 1440. The number of thioether (sulfide) groups is 1. The first-order valence-corrected chi connectivity index (χ1v) is 17.5. The molecule has 1 aliphatic heterocycles. The van der Waals surface area contributed by atoms with Crippen LogP contribution in [0, 0.1) is 11.8 Å². The zero-order valence-corrected chi connectivity index (χ0v) is 28.2. The van der Waals surface area contributed by atoms with E-state index in [1.165, 1.54) is 18.8 Å². The van der Waals surface area contributed by atoms with Crippen LogP contribution in [0.5, 0.6) is 0 Å². The zero-order valence-electron chi connectivity index (χ0n) is 27.4. The third-order valence-electron chi connectivity index (χ3n) is 8.93. The standard InChI is InChI=1S/C33H45N5O10S/c1-34-18-36-33(47,32(45)46)11-8-25(39)37-23(28(40)38-29(41)30(42)43)17-49-24-7-5-3-2-4-6-21-15-20(14-19-9-12-35-13-10-19)16-22-26(21)27(24)48-31(22)44/h9-10,12-13,16,21-24,29,34,36,41,47H,2-8,11,14-15,17-18H2,1H3,(H,37,39)(H,38,40)(H,42,43)(H,45,46). The summed E-state index contributed by atoms with van der Waals surface area (Å²) in [5.74, 6) is -5.32. The quantitative estimate of drug-likeness (QED) is 0.0675. The van der Waals surface area contributed by atoms with Crippen molar-refractivity contribution in [2.75, 3.05) is 19.5 Å². The predicted molar refractivity (Wildman–Crippen MR) is 177 cm³/mol. The van der Waals surface area contributed by atoms with Crippen molar-refractivity contribution in [1.82, 2.24) is 26.3 Å². The second-order valence-corrected chi connectivity index (χ2v) is 13.8. The monoisotopic (exact) mass is 703 g/mol. The summed E-state index contributed by atoms with van der Waals surface area (Å²) < 4.78 is 5.99. The van der Waals surface area contributed by atoms with Crippen molar-refractivity contribution in [3.63, 3.8) is 0 Å². The maximum Gasteiger partial charge on any atom is 0.353 e. The van der Waals surface area contributed by atoms with Crippen LogP contribution in [-0.2, 0) is 35.1 Å². The Kier molecular flexibility index (Phi) is 13.7. The highest BCUT2D eigenvalue weighted by molar-refractivity contribution is 8.00. The van der Waals surface area contributed by atoms with Crippen molar-refractivity contribution >= 4 is 41.5 Å². The van der Waals surface area contributed by atoms with Gasteiger partial charge < -0.3 is 41.1 Å². The number of nitrogens with zero attached hydrogens (tertiary/aromatic N) is 1. The Hall–Kier alpha value is -3.83. The summed E-state index contributed by atoms with van der Waals surface area (Å²) in [6.07, 6.45) is 9.08. The molecule has 6 atom stereocenters. The van der Waals surface area contributed by atoms with Crippen LogP contribution in [0.25, 0.3) is 0 Å². The molecule has 0 fully saturated rings. The molecule has 0 saturated heterocycles. The van der Waals surface area contributed by atoms with Gasteiger partial charge in [0, 0.05) is 37.7 Å². The zero-order chi connectivity index (χ0) is 35.6. The number of aliphatic hydroxyl groups is 2. The van der Waals surface area contributed by atoms with Gasteiger partial charge >= 0.3 is 17.9 Å². The van der Waals surface area contributed by atoms with E-state index in [0.29, 0.717) is 18.6 Å². The molecule has 6 unspecified atom stereocenters.